The first-order chi connectivity index (χ1) is 7.58. The summed E-state index contributed by atoms with van der Waals surface area (Å²) >= 11 is 0. The van der Waals surface area contributed by atoms with Crippen molar-refractivity contribution in [2.75, 3.05) is 26.2 Å². The highest BCUT2D eigenvalue weighted by atomic mass is 16.5. The Morgan fingerprint density at radius 2 is 2.25 bits per heavy atom. The second-order valence-corrected chi connectivity index (χ2v) is 4.82. The molecule has 1 fully saturated rings. The quantitative estimate of drug-likeness (QED) is 0.733. The molecule has 2 unspecified atom stereocenters. The van der Waals surface area contributed by atoms with Crippen LogP contribution in [-0.4, -0.2) is 43.2 Å². The zero-order chi connectivity index (χ0) is 12.1. The van der Waals surface area contributed by atoms with Gasteiger partial charge in [0.2, 0.25) is 5.91 Å². The molecule has 2 atom stereocenters. The van der Waals surface area contributed by atoms with E-state index < -0.39 is 0 Å². The molecular weight excluding hydrogens is 204 g/mol. The summed E-state index contributed by atoms with van der Waals surface area (Å²) in [5, 5.41) is 0. The maximum atomic E-state index is 11.8. The molecule has 0 aliphatic carbocycles. The maximum Gasteiger partial charge on any atom is 0.223 e. The van der Waals surface area contributed by atoms with Crippen molar-refractivity contribution in [1.82, 2.24) is 4.90 Å². The van der Waals surface area contributed by atoms with Crippen LogP contribution in [0, 0.1) is 11.8 Å². The monoisotopic (exact) mass is 228 g/mol. The molecule has 0 radical (unpaired) electrons. The van der Waals surface area contributed by atoms with Crippen LogP contribution in [0.15, 0.2) is 0 Å². The van der Waals surface area contributed by atoms with Crippen LogP contribution in [0.2, 0.25) is 0 Å². The standard InChI is InChI=1S/C12H24N2O2/c1-4-16-11(6-13)8-14-7-10(9(2)3)5-12(14)15/h9-11H,4-8,13H2,1-3H3. The topological polar surface area (TPSA) is 55.6 Å². The fraction of sp³-hybridized carbons (Fsp3) is 0.917. The Bertz CT molecular complexity index is 231. The molecular formula is C12H24N2O2. The van der Waals surface area contributed by atoms with E-state index in [1.54, 1.807) is 0 Å². The van der Waals surface area contributed by atoms with Gasteiger partial charge in [0.25, 0.3) is 0 Å². The van der Waals surface area contributed by atoms with Crippen molar-refractivity contribution in [2.45, 2.75) is 33.3 Å². The van der Waals surface area contributed by atoms with Crippen molar-refractivity contribution in [3.63, 3.8) is 0 Å². The minimum absolute atomic E-state index is 0.0140. The summed E-state index contributed by atoms with van der Waals surface area (Å²) in [4.78, 5) is 13.7. The van der Waals surface area contributed by atoms with Crippen LogP contribution >= 0.6 is 0 Å². The van der Waals surface area contributed by atoms with Crippen LogP contribution in [0.5, 0.6) is 0 Å². The minimum Gasteiger partial charge on any atom is -0.375 e. The molecule has 1 rings (SSSR count). The van der Waals surface area contributed by atoms with E-state index in [4.69, 9.17) is 10.5 Å². The summed E-state index contributed by atoms with van der Waals surface area (Å²) in [6, 6.07) is 0. The molecule has 2 N–H and O–H groups in total. The van der Waals surface area contributed by atoms with Crippen LogP contribution in [0.25, 0.3) is 0 Å². The zero-order valence-electron chi connectivity index (χ0n) is 10.6. The number of hydrogen-bond donors (Lipinski definition) is 1. The highest BCUT2D eigenvalue weighted by Crippen LogP contribution is 2.24. The average molecular weight is 228 g/mol. The molecule has 16 heavy (non-hydrogen) atoms. The normalized spacial score (nSPS) is 23.2. The van der Waals surface area contributed by atoms with Crippen LogP contribution in [0.4, 0.5) is 0 Å². The van der Waals surface area contributed by atoms with Gasteiger partial charge in [-0.1, -0.05) is 13.8 Å². The number of nitrogens with zero attached hydrogens (tertiary/aromatic N) is 1. The number of carbonyl (C=O) groups is 1. The summed E-state index contributed by atoms with van der Waals surface area (Å²) in [5.41, 5.74) is 5.61. The van der Waals surface area contributed by atoms with Gasteiger partial charge in [-0.3, -0.25) is 4.79 Å². The Labute approximate surface area is 98.1 Å². The van der Waals surface area contributed by atoms with Gasteiger partial charge in [-0.2, -0.15) is 0 Å². The number of amides is 1. The molecule has 0 aromatic carbocycles. The fourth-order valence-electron chi connectivity index (χ4n) is 2.10. The Balaban J connectivity index is 2.45. The molecule has 0 aromatic heterocycles. The Hall–Kier alpha value is -0.610. The highest BCUT2D eigenvalue weighted by molar-refractivity contribution is 5.78. The molecule has 94 valence electrons. The van der Waals surface area contributed by atoms with E-state index in [1.165, 1.54) is 0 Å². The summed E-state index contributed by atoms with van der Waals surface area (Å²) in [5.74, 6) is 1.31. The Morgan fingerprint density at radius 1 is 1.56 bits per heavy atom. The lowest BCUT2D eigenvalue weighted by atomic mass is 9.95. The van der Waals surface area contributed by atoms with E-state index in [-0.39, 0.29) is 12.0 Å². The molecule has 1 aliphatic rings. The lowest BCUT2D eigenvalue weighted by Gasteiger charge is -2.23. The predicted octanol–water partition coefficient (Wildman–Crippen LogP) is 0.855. The average Bonchev–Trinajstić information content (AvgIpc) is 2.60. The van der Waals surface area contributed by atoms with Crippen molar-refractivity contribution >= 4 is 5.91 Å². The summed E-state index contributed by atoms with van der Waals surface area (Å²) in [6.45, 7) is 8.92. The third-order valence-corrected chi connectivity index (χ3v) is 3.28. The molecule has 4 nitrogen and oxygen atoms in total. The minimum atomic E-state index is -0.0140. The van der Waals surface area contributed by atoms with E-state index in [2.05, 4.69) is 13.8 Å². The third-order valence-electron chi connectivity index (χ3n) is 3.28. The van der Waals surface area contributed by atoms with Crippen LogP contribution in [0.1, 0.15) is 27.2 Å². The third kappa shape index (κ3) is 3.46. The van der Waals surface area contributed by atoms with Crippen molar-refractivity contribution < 1.29 is 9.53 Å². The van der Waals surface area contributed by atoms with E-state index in [9.17, 15) is 4.79 Å². The van der Waals surface area contributed by atoms with Gasteiger partial charge >= 0.3 is 0 Å². The van der Waals surface area contributed by atoms with Gasteiger partial charge in [-0.05, 0) is 18.8 Å². The SMILES string of the molecule is CCOC(CN)CN1CC(C(C)C)CC1=O. The van der Waals surface area contributed by atoms with Crippen LogP contribution < -0.4 is 5.73 Å². The molecule has 1 saturated heterocycles. The number of rotatable bonds is 6. The molecule has 1 amide bonds. The largest absolute Gasteiger partial charge is 0.375 e. The first-order valence-electron chi connectivity index (χ1n) is 6.17. The van der Waals surface area contributed by atoms with Gasteiger partial charge in [0.1, 0.15) is 0 Å². The van der Waals surface area contributed by atoms with Gasteiger partial charge in [-0.25, -0.2) is 0 Å². The summed E-state index contributed by atoms with van der Waals surface area (Å²) in [6.07, 6.45) is 0.668. The fourth-order valence-corrected chi connectivity index (χ4v) is 2.10. The van der Waals surface area contributed by atoms with Crippen LogP contribution in [0.3, 0.4) is 0 Å². The summed E-state index contributed by atoms with van der Waals surface area (Å²) < 4.78 is 5.48. The smallest absolute Gasteiger partial charge is 0.223 e. The number of carbonyl (C=O) groups excluding carboxylic acids is 1. The lowest BCUT2D eigenvalue weighted by Crippen LogP contribution is -2.39. The second kappa shape index (κ2) is 6.21. The highest BCUT2D eigenvalue weighted by Gasteiger charge is 2.32. The van der Waals surface area contributed by atoms with Crippen LogP contribution in [-0.2, 0) is 9.53 Å². The van der Waals surface area contributed by atoms with Gasteiger partial charge < -0.3 is 15.4 Å². The van der Waals surface area contributed by atoms with E-state index in [0.717, 1.165) is 6.54 Å². The number of ether oxygens (including phenoxy) is 1. The Kier molecular flexibility index (Phi) is 5.22. The van der Waals surface area contributed by atoms with Crippen molar-refractivity contribution in [1.29, 1.82) is 0 Å². The van der Waals surface area contributed by atoms with Crippen molar-refractivity contribution in [2.24, 2.45) is 17.6 Å². The maximum absolute atomic E-state index is 11.8. The van der Waals surface area contributed by atoms with Gasteiger partial charge in [0.05, 0.1) is 6.10 Å². The molecule has 1 heterocycles. The summed E-state index contributed by atoms with van der Waals surface area (Å²) in [7, 11) is 0. The van der Waals surface area contributed by atoms with Gasteiger partial charge in [-0.15, -0.1) is 0 Å². The number of nitrogens with two attached hydrogens (primary N) is 1. The molecule has 0 spiro atoms. The molecule has 0 saturated carbocycles. The first-order valence-corrected chi connectivity index (χ1v) is 6.17. The van der Waals surface area contributed by atoms with E-state index >= 15 is 0 Å². The van der Waals surface area contributed by atoms with Crippen molar-refractivity contribution in [3.05, 3.63) is 0 Å². The van der Waals surface area contributed by atoms with E-state index in [0.29, 0.717) is 38.0 Å². The van der Waals surface area contributed by atoms with Gasteiger partial charge in [0, 0.05) is 32.7 Å². The Morgan fingerprint density at radius 3 is 2.69 bits per heavy atom. The first kappa shape index (κ1) is 13.5. The zero-order valence-corrected chi connectivity index (χ0v) is 10.6. The van der Waals surface area contributed by atoms with E-state index in [1.807, 2.05) is 11.8 Å². The van der Waals surface area contributed by atoms with Crippen molar-refractivity contribution in [3.8, 4) is 0 Å². The molecule has 1 aliphatic heterocycles. The second-order valence-electron chi connectivity index (χ2n) is 4.82. The van der Waals surface area contributed by atoms with Gasteiger partial charge in [0.15, 0.2) is 0 Å². The molecule has 0 bridgehead atoms. The predicted molar refractivity (Wildman–Crippen MR) is 64.0 cm³/mol. The molecule has 0 aromatic rings. The number of hydrogen-bond acceptors (Lipinski definition) is 3. The number of likely N-dealkylation sites (tertiary alicyclic amines) is 1. The lowest BCUT2D eigenvalue weighted by molar-refractivity contribution is -0.129. The molecule has 4 heteroatoms.